The molecule has 9 heteroatoms. The number of nitrogens with zero attached hydrogens (tertiary/aromatic N) is 5. The van der Waals surface area contributed by atoms with Gasteiger partial charge >= 0.3 is 6.03 Å². The standard InChI is InChI=1S/C21H27N7O2/c1-20(2,3)12-28-17-8-15(22-9-14(17)10-24-28)18-16(11-23-26-18)25-19(29)27-6-7-30-13-21(27)4-5-21/h8-11H,4-7,12-13H2,1-3H3,(H,23,26)(H,25,29). The topological polar surface area (TPSA) is 101 Å². The van der Waals surface area contributed by atoms with E-state index in [1.54, 1.807) is 6.20 Å². The summed E-state index contributed by atoms with van der Waals surface area (Å²) in [4.78, 5) is 19.4. The van der Waals surface area contributed by atoms with Crippen molar-refractivity contribution in [2.24, 2.45) is 5.41 Å². The van der Waals surface area contributed by atoms with E-state index in [0.29, 0.717) is 36.8 Å². The molecule has 0 bridgehead atoms. The molecule has 1 aliphatic carbocycles. The molecule has 2 fully saturated rings. The normalized spacial score (nSPS) is 18.2. The van der Waals surface area contributed by atoms with Crippen LogP contribution >= 0.6 is 0 Å². The van der Waals surface area contributed by atoms with E-state index in [2.05, 4.69) is 46.4 Å². The Morgan fingerprint density at radius 2 is 2.13 bits per heavy atom. The third-order valence-corrected chi connectivity index (χ3v) is 5.76. The predicted molar refractivity (Wildman–Crippen MR) is 113 cm³/mol. The number of urea groups is 1. The Hall–Kier alpha value is -2.94. The van der Waals surface area contributed by atoms with Crippen LogP contribution in [0.3, 0.4) is 0 Å². The van der Waals surface area contributed by atoms with Gasteiger partial charge in [0.15, 0.2) is 0 Å². The fraction of sp³-hybridized carbons (Fsp3) is 0.524. The average Bonchev–Trinajstić information content (AvgIpc) is 3.12. The summed E-state index contributed by atoms with van der Waals surface area (Å²) < 4.78 is 7.58. The smallest absolute Gasteiger partial charge is 0.322 e. The largest absolute Gasteiger partial charge is 0.377 e. The van der Waals surface area contributed by atoms with E-state index in [4.69, 9.17) is 4.74 Å². The molecule has 0 aromatic carbocycles. The van der Waals surface area contributed by atoms with Crippen molar-refractivity contribution >= 4 is 22.6 Å². The van der Waals surface area contributed by atoms with Gasteiger partial charge in [0.2, 0.25) is 0 Å². The molecule has 1 saturated carbocycles. The van der Waals surface area contributed by atoms with Crippen LogP contribution in [0, 0.1) is 5.41 Å². The van der Waals surface area contributed by atoms with Crippen molar-refractivity contribution < 1.29 is 9.53 Å². The van der Waals surface area contributed by atoms with Crippen LogP contribution in [0.2, 0.25) is 0 Å². The van der Waals surface area contributed by atoms with Crippen molar-refractivity contribution in [1.82, 2.24) is 29.9 Å². The number of aromatic nitrogens is 5. The average molecular weight is 409 g/mol. The van der Waals surface area contributed by atoms with Gasteiger partial charge in [0.05, 0.1) is 48.0 Å². The molecule has 0 atom stereocenters. The fourth-order valence-corrected chi connectivity index (χ4v) is 4.05. The third kappa shape index (κ3) is 3.43. The molecule has 0 radical (unpaired) electrons. The van der Waals surface area contributed by atoms with Gasteiger partial charge in [-0.25, -0.2) is 4.79 Å². The summed E-state index contributed by atoms with van der Waals surface area (Å²) in [5.74, 6) is 0. The maximum absolute atomic E-state index is 13.0. The molecule has 0 unspecified atom stereocenters. The lowest BCUT2D eigenvalue weighted by atomic mass is 9.97. The number of rotatable bonds is 3. The third-order valence-electron chi connectivity index (χ3n) is 5.76. The summed E-state index contributed by atoms with van der Waals surface area (Å²) in [6.45, 7) is 9.15. The lowest BCUT2D eigenvalue weighted by Crippen LogP contribution is -2.52. The first-order valence-electron chi connectivity index (χ1n) is 10.4. The summed E-state index contributed by atoms with van der Waals surface area (Å²) in [6.07, 6.45) is 7.26. The van der Waals surface area contributed by atoms with Gasteiger partial charge in [0.25, 0.3) is 0 Å². The maximum atomic E-state index is 13.0. The van der Waals surface area contributed by atoms with E-state index in [9.17, 15) is 4.79 Å². The van der Waals surface area contributed by atoms with Crippen molar-refractivity contribution in [3.63, 3.8) is 0 Å². The number of morpholine rings is 1. The Balaban J connectivity index is 1.42. The molecule has 1 aliphatic heterocycles. The van der Waals surface area contributed by atoms with E-state index in [1.807, 2.05) is 28.0 Å². The Bertz CT molecular complexity index is 1090. The van der Waals surface area contributed by atoms with Crippen LogP contribution < -0.4 is 5.32 Å². The number of anilines is 1. The minimum atomic E-state index is -0.122. The molecule has 5 rings (SSSR count). The van der Waals surface area contributed by atoms with E-state index in [-0.39, 0.29) is 17.0 Å². The number of ether oxygens (including phenoxy) is 1. The summed E-state index contributed by atoms with van der Waals surface area (Å²) in [7, 11) is 0. The zero-order valence-corrected chi connectivity index (χ0v) is 17.6. The van der Waals surface area contributed by atoms with Gasteiger partial charge in [-0.1, -0.05) is 20.8 Å². The van der Waals surface area contributed by atoms with Crippen LogP contribution in [0.4, 0.5) is 10.5 Å². The predicted octanol–water partition coefficient (Wildman–Crippen LogP) is 3.26. The number of aromatic amines is 1. The summed E-state index contributed by atoms with van der Waals surface area (Å²) in [5.41, 5.74) is 3.01. The highest BCUT2D eigenvalue weighted by molar-refractivity contribution is 5.94. The molecule has 4 heterocycles. The Labute approximate surface area is 174 Å². The molecule has 3 aromatic heterocycles. The highest BCUT2D eigenvalue weighted by Gasteiger charge is 2.52. The molecule has 2 amide bonds. The molecule has 3 aromatic rings. The zero-order valence-electron chi connectivity index (χ0n) is 17.6. The highest BCUT2D eigenvalue weighted by Crippen LogP contribution is 2.44. The van der Waals surface area contributed by atoms with E-state index in [0.717, 1.165) is 30.3 Å². The SMILES string of the molecule is CC(C)(C)Cn1ncc2cnc(-c3[nH]ncc3NC(=O)N3CCOCC34CC4)cc21. The minimum absolute atomic E-state index is 0.104. The number of carbonyl (C=O) groups excluding carboxylic acids is 1. The molecular formula is C21H27N7O2. The summed E-state index contributed by atoms with van der Waals surface area (Å²) in [6, 6.07) is 1.88. The summed E-state index contributed by atoms with van der Waals surface area (Å²) >= 11 is 0. The number of hydrogen-bond donors (Lipinski definition) is 2. The van der Waals surface area contributed by atoms with Crippen LogP contribution in [-0.2, 0) is 11.3 Å². The van der Waals surface area contributed by atoms with E-state index >= 15 is 0 Å². The number of pyridine rings is 1. The Morgan fingerprint density at radius 3 is 2.90 bits per heavy atom. The van der Waals surface area contributed by atoms with E-state index in [1.165, 1.54) is 0 Å². The first-order valence-corrected chi connectivity index (χ1v) is 10.4. The van der Waals surface area contributed by atoms with Crippen LogP contribution in [-0.4, -0.2) is 61.2 Å². The Kier molecular flexibility index (Phi) is 4.32. The van der Waals surface area contributed by atoms with Crippen molar-refractivity contribution in [2.75, 3.05) is 25.1 Å². The van der Waals surface area contributed by atoms with Crippen LogP contribution in [0.15, 0.2) is 24.7 Å². The zero-order chi connectivity index (χ0) is 20.9. The lowest BCUT2D eigenvalue weighted by molar-refractivity contribution is 0.00404. The second-order valence-corrected chi connectivity index (χ2v) is 9.51. The number of hydrogen-bond acceptors (Lipinski definition) is 5. The molecule has 2 aliphatic rings. The van der Waals surface area contributed by atoms with Gasteiger partial charge in [-0.05, 0) is 24.3 Å². The van der Waals surface area contributed by atoms with Crippen molar-refractivity contribution in [3.05, 3.63) is 24.7 Å². The monoisotopic (exact) mass is 409 g/mol. The molecule has 2 N–H and O–H groups in total. The number of nitrogens with one attached hydrogen (secondary N) is 2. The molecule has 1 saturated heterocycles. The highest BCUT2D eigenvalue weighted by atomic mass is 16.5. The van der Waals surface area contributed by atoms with Gasteiger partial charge in [-0.15, -0.1) is 0 Å². The van der Waals surface area contributed by atoms with Gasteiger partial charge in [-0.2, -0.15) is 10.2 Å². The van der Waals surface area contributed by atoms with Gasteiger partial charge in [0, 0.05) is 24.7 Å². The molecular weight excluding hydrogens is 382 g/mol. The van der Waals surface area contributed by atoms with Gasteiger partial charge in [0.1, 0.15) is 5.69 Å². The van der Waals surface area contributed by atoms with Gasteiger partial charge in [-0.3, -0.25) is 14.8 Å². The quantitative estimate of drug-likeness (QED) is 0.691. The molecule has 158 valence electrons. The molecule has 1 spiro atoms. The fourth-order valence-electron chi connectivity index (χ4n) is 4.05. The first kappa shape index (κ1) is 19.0. The van der Waals surface area contributed by atoms with Crippen LogP contribution in [0.5, 0.6) is 0 Å². The second-order valence-electron chi connectivity index (χ2n) is 9.51. The molecule has 30 heavy (non-hydrogen) atoms. The van der Waals surface area contributed by atoms with Crippen LogP contribution in [0.1, 0.15) is 33.6 Å². The lowest BCUT2D eigenvalue weighted by Gasteiger charge is -2.35. The van der Waals surface area contributed by atoms with Crippen molar-refractivity contribution in [1.29, 1.82) is 0 Å². The number of H-pyrrole nitrogens is 1. The van der Waals surface area contributed by atoms with Crippen molar-refractivity contribution in [3.8, 4) is 11.4 Å². The second kappa shape index (κ2) is 6.80. The number of carbonyl (C=O) groups is 1. The number of amides is 2. The van der Waals surface area contributed by atoms with Crippen molar-refractivity contribution in [2.45, 2.75) is 45.7 Å². The first-order chi connectivity index (χ1) is 14.3. The van der Waals surface area contributed by atoms with E-state index < -0.39 is 0 Å². The molecule has 9 nitrogen and oxygen atoms in total. The number of fused-ring (bicyclic) bond motifs is 1. The summed E-state index contributed by atoms with van der Waals surface area (Å²) in [5, 5.41) is 15.7. The van der Waals surface area contributed by atoms with Gasteiger partial charge < -0.3 is 15.0 Å². The Morgan fingerprint density at radius 1 is 1.30 bits per heavy atom. The maximum Gasteiger partial charge on any atom is 0.322 e. The van der Waals surface area contributed by atoms with Crippen LogP contribution in [0.25, 0.3) is 22.3 Å². The minimum Gasteiger partial charge on any atom is -0.377 e.